The van der Waals surface area contributed by atoms with E-state index in [1.807, 2.05) is 0 Å². The van der Waals surface area contributed by atoms with E-state index in [2.05, 4.69) is 5.32 Å². The molecular weight excluding hydrogens is 248 g/mol. The summed E-state index contributed by atoms with van der Waals surface area (Å²) in [6.07, 6.45) is -10.7. The molecule has 0 radical (unpaired) electrons. The molecule has 0 aliphatic heterocycles. The van der Waals surface area contributed by atoms with Gasteiger partial charge in [-0.05, 0) is 17.7 Å². The van der Waals surface area contributed by atoms with Crippen LogP contribution in [0.1, 0.15) is 11.5 Å². The van der Waals surface area contributed by atoms with E-state index < -0.39 is 23.8 Å². The van der Waals surface area contributed by atoms with Gasteiger partial charge in [-0.25, -0.2) is 0 Å². The number of halogens is 6. The fourth-order valence-electron chi connectivity index (χ4n) is 1.41. The molecule has 1 nitrogen and oxygen atoms in total. The molecule has 0 heterocycles. The molecule has 0 aliphatic rings. The lowest BCUT2D eigenvalue weighted by Gasteiger charge is -2.23. The minimum absolute atomic E-state index is 0.442. The predicted molar refractivity (Wildman–Crippen MR) is 50.8 cm³/mol. The lowest BCUT2D eigenvalue weighted by molar-refractivity contribution is -0.253. The first kappa shape index (κ1) is 13.7. The maximum atomic E-state index is 12.3. The van der Waals surface area contributed by atoms with Gasteiger partial charge in [0.2, 0.25) is 0 Å². The molecule has 0 saturated heterocycles. The molecule has 7 heteroatoms. The number of nitrogens with one attached hydrogen (secondary N) is 1. The van der Waals surface area contributed by atoms with E-state index in [1.165, 1.54) is 19.2 Å². The van der Waals surface area contributed by atoms with Crippen LogP contribution in [0.3, 0.4) is 0 Å². The summed E-state index contributed by atoms with van der Waals surface area (Å²) in [5, 5.41) is 2.61. The Morgan fingerprint density at radius 1 is 0.882 bits per heavy atom. The molecule has 1 N–H and O–H groups in total. The van der Waals surface area contributed by atoms with Gasteiger partial charge in [-0.2, -0.15) is 26.3 Å². The van der Waals surface area contributed by atoms with E-state index in [1.54, 1.807) is 0 Å². The second-order valence-electron chi connectivity index (χ2n) is 3.39. The van der Waals surface area contributed by atoms with Crippen molar-refractivity contribution in [1.82, 2.24) is 0 Å². The van der Waals surface area contributed by atoms with Crippen LogP contribution in [0.5, 0.6) is 0 Å². The number of anilines is 1. The first-order chi connectivity index (χ1) is 7.66. The van der Waals surface area contributed by atoms with E-state index in [0.29, 0.717) is 5.69 Å². The highest BCUT2D eigenvalue weighted by Crippen LogP contribution is 2.46. The highest BCUT2D eigenvalue weighted by Gasteiger charge is 2.57. The minimum atomic E-state index is -5.35. The molecule has 0 aliphatic carbocycles. The van der Waals surface area contributed by atoms with Gasteiger partial charge in [-0.1, -0.05) is 12.1 Å². The molecule has 0 unspecified atom stereocenters. The normalized spacial score (nSPS) is 12.9. The number of benzene rings is 1. The second-order valence-corrected chi connectivity index (χ2v) is 3.39. The van der Waals surface area contributed by atoms with Crippen molar-refractivity contribution in [3.05, 3.63) is 29.8 Å². The molecule has 17 heavy (non-hydrogen) atoms. The fourth-order valence-corrected chi connectivity index (χ4v) is 1.41. The number of hydrogen-bond acceptors (Lipinski definition) is 1. The second kappa shape index (κ2) is 4.46. The molecule has 0 saturated carbocycles. The topological polar surface area (TPSA) is 12.0 Å². The van der Waals surface area contributed by atoms with Crippen molar-refractivity contribution in [1.29, 1.82) is 0 Å². The predicted octanol–water partition coefficient (Wildman–Crippen LogP) is 3.94. The fraction of sp³-hybridized carbons (Fsp3) is 0.400. The summed E-state index contributed by atoms with van der Waals surface area (Å²) < 4.78 is 74.1. The van der Waals surface area contributed by atoms with Crippen molar-refractivity contribution < 1.29 is 26.3 Å². The van der Waals surface area contributed by atoms with Gasteiger partial charge in [0.15, 0.2) is 5.92 Å². The zero-order valence-corrected chi connectivity index (χ0v) is 8.65. The third-order valence-electron chi connectivity index (χ3n) is 2.19. The van der Waals surface area contributed by atoms with Gasteiger partial charge in [0.1, 0.15) is 0 Å². The van der Waals surface area contributed by atoms with E-state index in [-0.39, 0.29) is 0 Å². The van der Waals surface area contributed by atoms with Crippen molar-refractivity contribution in [3.8, 4) is 0 Å². The van der Waals surface area contributed by atoms with Crippen molar-refractivity contribution in [3.63, 3.8) is 0 Å². The van der Waals surface area contributed by atoms with Crippen molar-refractivity contribution in [2.24, 2.45) is 0 Å². The lowest BCUT2D eigenvalue weighted by Crippen LogP contribution is -2.34. The molecule has 1 rings (SSSR count). The van der Waals surface area contributed by atoms with Crippen LogP contribution in [0.15, 0.2) is 24.3 Å². The van der Waals surface area contributed by atoms with Gasteiger partial charge in [0.05, 0.1) is 0 Å². The Balaban J connectivity index is 3.14. The summed E-state index contributed by atoms with van der Waals surface area (Å²) in [5.41, 5.74) is -0.374. The molecule has 0 atom stereocenters. The van der Waals surface area contributed by atoms with E-state index in [4.69, 9.17) is 0 Å². The van der Waals surface area contributed by atoms with Gasteiger partial charge in [-0.3, -0.25) is 0 Å². The zero-order valence-electron chi connectivity index (χ0n) is 8.65. The van der Waals surface area contributed by atoms with Crippen molar-refractivity contribution in [2.45, 2.75) is 18.3 Å². The molecule has 1 aromatic rings. The van der Waals surface area contributed by atoms with Crippen LogP contribution in [0.4, 0.5) is 32.0 Å². The summed E-state index contributed by atoms with van der Waals surface area (Å²) in [6, 6.07) is 3.97. The summed E-state index contributed by atoms with van der Waals surface area (Å²) in [4.78, 5) is 0. The Kier molecular flexibility index (Phi) is 3.59. The maximum absolute atomic E-state index is 12.3. The smallest absolute Gasteiger partial charge is 0.388 e. The number of alkyl halides is 6. The molecule has 0 spiro atoms. The zero-order chi connectivity index (χ0) is 13.3. The quantitative estimate of drug-likeness (QED) is 0.791. The minimum Gasteiger partial charge on any atom is -0.388 e. The molecular formula is C10H9F6N. The summed E-state index contributed by atoms with van der Waals surface area (Å²) in [6.45, 7) is 0. The van der Waals surface area contributed by atoms with Crippen molar-refractivity contribution in [2.75, 3.05) is 12.4 Å². The van der Waals surface area contributed by atoms with E-state index >= 15 is 0 Å². The molecule has 96 valence electrons. The van der Waals surface area contributed by atoms with Crippen LogP contribution in [-0.2, 0) is 0 Å². The molecule has 0 amide bonds. The van der Waals surface area contributed by atoms with Crippen LogP contribution >= 0.6 is 0 Å². The first-order valence-corrected chi connectivity index (χ1v) is 4.57. The summed E-state index contributed by atoms with van der Waals surface area (Å²) in [5.74, 6) is -3.44. The third-order valence-corrected chi connectivity index (χ3v) is 2.19. The third kappa shape index (κ3) is 3.28. The first-order valence-electron chi connectivity index (χ1n) is 4.57. The highest BCUT2D eigenvalue weighted by molar-refractivity contribution is 5.44. The number of rotatable bonds is 2. The largest absolute Gasteiger partial charge is 0.404 e. The Bertz CT molecular complexity index is 350. The molecule has 0 aromatic heterocycles. The standard InChI is InChI=1S/C10H9F6N/c1-17-7-4-2-6(3-5-7)8(9(11,12)13)10(14,15)16/h2-5,8,17H,1H3. The van der Waals surface area contributed by atoms with E-state index in [9.17, 15) is 26.3 Å². The van der Waals surface area contributed by atoms with Crippen LogP contribution in [0, 0.1) is 0 Å². The molecule has 0 fully saturated rings. The maximum Gasteiger partial charge on any atom is 0.404 e. The summed E-state index contributed by atoms with van der Waals surface area (Å²) >= 11 is 0. The Hall–Kier alpha value is -1.40. The monoisotopic (exact) mass is 257 g/mol. The van der Waals surface area contributed by atoms with Gasteiger partial charge in [0.25, 0.3) is 0 Å². The average Bonchev–Trinajstić information content (AvgIpc) is 2.14. The van der Waals surface area contributed by atoms with Gasteiger partial charge in [-0.15, -0.1) is 0 Å². The van der Waals surface area contributed by atoms with Gasteiger partial charge < -0.3 is 5.32 Å². The molecule has 1 aromatic carbocycles. The van der Waals surface area contributed by atoms with Crippen LogP contribution < -0.4 is 5.32 Å². The summed E-state index contributed by atoms with van der Waals surface area (Å²) in [7, 11) is 1.51. The van der Waals surface area contributed by atoms with Crippen LogP contribution in [-0.4, -0.2) is 19.4 Å². The van der Waals surface area contributed by atoms with Crippen LogP contribution in [0.2, 0.25) is 0 Å². The van der Waals surface area contributed by atoms with Gasteiger partial charge in [0, 0.05) is 12.7 Å². The Labute approximate surface area is 93.4 Å². The average molecular weight is 257 g/mol. The number of hydrogen-bond donors (Lipinski definition) is 1. The van der Waals surface area contributed by atoms with Gasteiger partial charge >= 0.3 is 12.4 Å². The highest BCUT2D eigenvalue weighted by atomic mass is 19.4. The Morgan fingerprint density at radius 2 is 1.29 bits per heavy atom. The molecule has 0 bridgehead atoms. The lowest BCUT2D eigenvalue weighted by atomic mass is 9.98. The van der Waals surface area contributed by atoms with Crippen molar-refractivity contribution >= 4 is 5.69 Å². The van der Waals surface area contributed by atoms with E-state index in [0.717, 1.165) is 12.1 Å². The van der Waals surface area contributed by atoms with Crippen LogP contribution in [0.25, 0.3) is 0 Å². The SMILES string of the molecule is CNc1ccc(C(C(F)(F)F)C(F)(F)F)cc1. The Morgan fingerprint density at radius 3 is 1.59 bits per heavy atom.